The Morgan fingerprint density at radius 2 is 1.95 bits per heavy atom. The molecule has 1 aromatic heterocycles. The van der Waals surface area contributed by atoms with Crippen molar-refractivity contribution in [3.63, 3.8) is 0 Å². The molecule has 2 heterocycles. The SMILES string of the molecule is Cc1ccc(C(C)N2CC(=O)NC3(CCCCC3)C2=O)s1. The Morgan fingerprint density at radius 3 is 2.57 bits per heavy atom. The topological polar surface area (TPSA) is 49.4 Å². The van der Waals surface area contributed by atoms with Gasteiger partial charge < -0.3 is 10.2 Å². The zero-order valence-corrected chi connectivity index (χ0v) is 13.5. The van der Waals surface area contributed by atoms with Crippen LogP contribution in [0.1, 0.15) is 54.8 Å². The number of piperazine rings is 1. The number of nitrogens with one attached hydrogen (secondary N) is 1. The van der Waals surface area contributed by atoms with Crippen LogP contribution in [0.4, 0.5) is 0 Å². The second kappa shape index (κ2) is 5.44. The number of hydrogen-bond donors (Lipinski definition) is 1. The molecule has 2 amide bonds. The van der Waals surface area contributed by atoms with E-state index in [0.717, 1.165) is 37.0 Å². The minimum Gasteiger partial charge on any atom is -0.340 e. The van der Waals surface area contributed by atoms with Crippen LogP contribution in [-0.4, -0.2) is 28.8 Å². The Bertz CT molecular complexity index is 560. The van der Waals surface area contributed by atoms with Crippen LogP contribution in [0.15, 0.2) is 12.1 Å². The van der Waals surface area contributed by atoms with E-state index in [4.69, 9.17) is 0 Å². The molecule has 1 saturated carbocycles. The van der Waals surface area contributed by atoms with Gasteiger partial charge in [0.25, 0.3) is 0 Å². The molecule has 0 bridgehead atoms. The number of thiophene rings is 1. The largest absolute Gasteiger partial charge is 0.340 e. The normalized spacial score (nSPS) is 23.2. The molecule has 5 heteroatoms. The number of nitrogens with zero attached hydrogens (tertiary/aromatic N) is 1. The van der Waals surface area contributed by atoms with Crippen LogP contribution in [-0.2, 0) is 9.59 Å². The summed E-state index contributed by atoms with van der Waals surface area (Å²) in [5.74, 6) is 0.0944. The van der Waals surface area contributed by atoms with Crippen LogP contribution in [0.3, 0.4) is 0 Å². The first-order valence-electron chi connectivity index (χ1n) is 7.70. The van der Waals surface area contributed by atoms with Gasteiger partial charge in [0.15, 0.2) is 0 Å². The summed E-state index contributed by atoms with van der Waals surface area (Å²) in [6.07, 6.45) is 4.76. The molecule has 1 saturated heterocycles. The smallest absolute Gasteiger partial charge is 0.249 e. The fourth-order valence-electron chi connectivity index (χ4n) is 3.50. The van der Waals surface area contributed by atoms with Gasteiger partial charge in [-0.2, -0.15) is 0 Å². The van der Waals surface area contributed by atoms with Crippen molar-refractivity contribution in [1.82, 2.24) is 10.2 Å². The second-order valence-electron chi connectivity index (χ2n) is 6.25. The molecule has 3 rings (SSSR count). The van der Waals surface area contributed by atoms with E-state index >= 15 is 0 Å². The number of rotatable bonds is 2. The summed E-state index contributed by atoms with van der Waals surface area (Å²) in [5.41, 5.74) is -0.631. The standard InChI is InChI=1S/C16H22N2O2S/c1-11-6-7-13(21-11)12(2)18-10-14(19)17-16(15(18)20)8-4-3-5-9-16/h6-7,12H,3-5,8-10H2,1-2H3,(H,17,19). The number of aryl methyl sites for hydroxylation is 1. The molecule has 1 spiro atoms. The van der Waals surface area contributed by atoms with E-state index in [0.29, 0.717) is 0 Å². The van der Waals surface area contributed by atoms with Crippen molar-refractivity contribution in [1.29, 1.82) is 0 Å². The van der Waals surface area contributed by atoms with Crippen LogP contribution in [0.5, 0.6) is 0 Å². The van der Waals surface area contributed by atoms with E-state index in [-0.39, 0.29) is 24.4 Å². The van der Waals surface area contributed by atoms with Gasteiger partial charge in [0, 0.05) is 9.75 Å². The van der Waals surface area contributed by atoms with Crippen molar-refractivity contribution in [2.75, 3.05) is 6.54 Å². The molecule has 1 aliphatic heterocycles. The fourth-order valence-corrected chi connectivity index (χ4v) is 4.44. The molecule has 0 radical (unpaired) electrons. The third-order valence-corrected chi connectivity index (χ3v) is 5.88. The Balaban J connectivity index is 1.87. The first-order valence-corrected chi connectivity index (χ1v) is 8.52. The lowest BCUT2D eigenvalue weighted by Crippen LogP contribution is -2.67. The molecule has 21 heavy (non-hydrogen) atoms. The van der Waals surface area contributed by atoms with Crippen LogP contribution in [0.2, 0.25) is 0 Å². The van der Waals surface area contributed by atoms with Gasteiger partial charge in [0.2, 0.25) is 11.8 Å². The average molecular weight is 306 g/mol. The Kier molecular flexibility index (Phi) is 3.78. The van der Waals surface area contributed by atoms with E-state index in [2.05, 4.69) is 24.4 Å². The quantitative estimate of drug-likeness (QED) is 0.913. The first-order chi connectivity index (χ1) is 10.0. The van der Waals surface area contributed by atoms with Gasteiger partial charge in [-0.15, -0.1) is 11.3 Å². The lowest BCUT2D eigenvalue weighted by atomic mass is 9.79. The molecule has 2 fully saturated rings. The van der Waals surface area contributed by atoms with Crippen molar-refractivity contribution in [2.24, 2.45) is 0 Å². The summed E-state index contributed by atoms with van der Waals surface area (Å²) in [6, 6.07) is 4.11. The van der Waals surface area contributed by atoms with Gasteiger partial charge in [-0.1, -0.05) is 19.3 Å². The van der Waals surface area contributed by atoms with Gasteiger partial charge in [0.05, 0.1) is 6.04 Å². The fraction of sp³-hybridized carbons (Fsp3) is 0.625. The third-order valence-electron chi connectivity index (χ3n) is 4.71. The molecule has 1 N–H and O–H groups in total. The summed E-state index contributed by atoms with van der Waals surface area (Å²) in [5, 5.41) is 3.00. The highest BCUT2D eigenvalue weighted by atomic mass is 32.1. The predicted molar refractivity (Wildman–Crippen MR) is 83.1 cm³/mol. The maximum Gasteiger partial charge on any atom is 0.249 e. The lowest BCUT2D eigenvalue weighted by molar-refractivity contribution is -0.153. The molecule has 1 aromatic rings. The Morgan fingerprint density at radius 1 is 1.24 bits per heavy atom. The van der Waals surface area contributed by atoms with Crippen molar-refractivity contribution < 1.29 is 9.59 Å². The zero-order valence-electron chi connectivity index (χ0n) is 12.6. The van der Waals surface area contributed by atoms with Crippen molar-refractivity contribution in [3.8, 4) is 0 Å². The summed E-state index contributed by atoms with van der Waals surface area (Å²) in [7, 11) is 0. The van der Waals surface area contributed by atoms with E-state index in [1.165, 1.54) is 4.88 Å². The van der Waals surface area contributed by atoms with Gasteiger partial charge in [-0.3, -0.25) is 9.59 Å². The third kappa shape index (κ3) is 2.59. The maximum atomic E-state index is 13.0. The van der Waals surface area contributed by atoms with Gasteiger partial charge in [-0.25, -0.2) is 0 Å². The number of carbonyl (C=O) groups excluding carboxylic acids is 2. The number of amides is 2. The highest BCUT2D eigenvalue weighted by Gasteiger charge is 2.48. The zero-order chi connectivity index (χ0) is 15.0. The van der Waals surface area contributed by atoms with Crippen LogP contribution >= 0.6 is 11.3 Å². The lowest BCUT2D eigenvalue weighted by Gasteiger charge is -2.45. The van der Waals surface area contributed by atoms with E-state index in [9.17, 15) is 9.59 Å². The van der Waals surface area contributed by atoms with Crippen molar-refractivity contribution in [2.45, 2.75) is 57.5 Å². The van der Waals surface area contributed by atoms with E-state index in [1.807, 2.05) is 6.92 Å². The molecule has 4 nitrogen and oxygen atoms in total. The Labute approximate surface area is 129 Å². The summed E-state index contributed by atoms with van der Waals surface area (Å²) < 4.78 is 0. The maximum absolute atomic E-state index is 13.0. The van der Waals surface area contributed by atoms with E-state index < -0.39 is 5.54 Å². The highest BCUT2D eigenvalue weighted by molar-refractivity contribution is 7.12. The average Bonchev–Trinajstić information content (AvgIpc) is 2.90. The molecule has 114 valence electrons. The van der Waals surface area contributed by atoms with Crippen LogP contribution < -0.4 is 5.32 Å². The summed E-state index contributed by atoms with van der Waals surface area (Å²) in [6.45, 7) is 4.27. The molecule has 1 unspecified atom stereocenters. The molecular formula is C16H22N2O2S. The summed E-state index contributed by atoms with van der Waals surface area (Å²) >= 11 is 1.70. The molecule has 1 aliphatic carbocycles. The molecule has 1 atom stereocenters. The van der Waals surface area contributed by atoms with Gasteiger partial charge in [-0.05, 0) is 38.8 Å². The van der Waals surface area contributed by atoms with Gasteiger partial charge >= 0.3 is 0 Å². The van der Waals surface area contributed by atoms with Gasteiger partial charge in [0.1, 0.15) is 12.1 Å². The minimum absolute atomic E-state index is 0.0170. The van der Waals surface area contributed by atoms with Crippen molar-refractivity contribution in [3.05, 3.63) is 21.9 Å². The molecule has 0 aromatic carbocycles. The minimum atomic E-state index is -0.631. The summed E-state index contributed by atoms with van der Waals surface area (Å²) in [4.78, 5) is 29.3. The number of carbonyl (C=O) groups is 2. The first kappa shape index (κ1) is 14.6. The Hall–Kier alpha value is -1.36. The van der Waals surface area contributed by atoms with Crippen LogP contribution in [0.25, 0.3) is 0 Å². The van der Waals surface area contributed by atoms with E-state index in [1.54, 1.807) is 16.2 Å². The number of hydrogen-bond acceptors (Lipinski definition) is 3. The molecule has 2 aliphatic rings. The monoisotopic (exact) mass is 306 g/mol. The predicted octanol–water partition coefficient (Wildman–Crippen LogP) is 2.78. The highest BCUT2D eigenvalue weighted by Crippen LogP contribution is 2.36. The second-order valence-corrected chi connectivity index (χ2v) is 7.57. The van der Waals surface area contributed by atoms with Crippen molar-refractivity contribution >= 4 is 23.2 Å². The van der Waals surface area contributed by atoms with Crippen LogP contribution in [0, 0.1) is 6.92 Å². The molecular weight excluding hydrogens is 284 g/mol.